The average Bonchev–Trinajstić information content (AvgIpc) is 2.89. The van der Waals surface area contributed by atoms with Crippen LogP contribution < -0.4 is 4.90 Å². The molecule has 0 spiro atoms. The number of aliphatic hydroxyl groups excluding tert-OH is 1. The fourth-order valence-corrected chi connectivity index (χ4v) is 3.79. The molecule has 7 heteroatoms. The van der Waals surface area contributed by atoms with Gasteiger partial charge in [0.2, 0.25) is 0 Å². The Morgan fingerprint density at radius 1 is 1.42 bits per heavy atom. The largest absolute Gasteiger partial charge is 0.378 e. The molecule has 1 atom stereocenters. The molecule has 1 aliphatic heterocycles. The highest BCUT2D eigenvalue weighted by Gasteiger charge is 2.33. The van der Waals surface area contributed by atoms with Gasteiger partial charge in [0, 0.05) is 17.5 Å². The zero-order valence-electron chi connectivity index (χ0n) is 10.3. The second kappa shape index (κ2) is 4.59. The molecule has 3 rings (SSSR count). The van der Waals surface area contributed by atoms with Crippen LogP contribution in [0.25, 0.3) is 0 Å². The zero-order valence-corrected chi connectivity index (χ0v) is 12.0. The first-order valence-electron chi connectivity index (χ1n) is 5.64. The second-order valence-electron chi connectivity index (χ2n) is 4.21. The van der Waals surface area contributed by atoms with Gasteiger partial charge in [-0.2, -0.15) is 0 Å². The molecule has 2 heterocycles. The van der Waals surface area contributed by atoms with Crippen molar-refractivity contribution in [2.24, 2.45) is 0 Å². The van der Waals surface area contributed by atoms with Gasteiger partial charge in [-0.25, -0.2) is 0 Å². The summed E-state index contributed by atoms with van der Waals surface area (Å²) >= 11 is 3.03. The molecule has 1 aromatic heterocycles. The summed E-state index contributed by atoms with van der Waals surface area (Å²) in [6.45, 7) is 1.91. The van der Waals surface area contributed by atoms with Crippen LogP contribution in [-0.2, 0) is 4.79 Å². The van der Waals surface area contributed by atoms with Crippen molar-refractivity contribution < 1.29 is 9.90 Å². The van der Waals surface area contributed by atoms with Crippen LogP contribution in [0.1, 0.15) is 16.7 Å². The van der Waals surface area contributed by atoms with Crippen LogP contribution in [-0.4, -0.2) is 28.3 Å². The molecule has 5 nitrogen and oxygen atoms in total. The van der Waals surface area contributed by atoms with Gasteiger partial charge in [-0.15, -0.1) is 10.2 Å². The van der Waals surface area contributed by atoms with E-state index in [9.17, 15) is 9.90 Å². The van der Waals surface area contributed by atoms with Crippen molar-refractivity contribution >= 4 is 34.7 Å². The number of aliphatic hydroxyl groups is 1. The van der Waals surface area contributed by atoms with Crippen molar-refractivity contribution in [2.45, 2.75) is 22.3 Å². The van der Waals surface area contributed by atoms with E-state index in [-0.39, 0.29) is 5.91 Å². The Balaban J connectivity index is 1.92. The molecular formula is C12H11N3O2S2. The third-order valence-electron chi connectivity index (χ3n) is 2.93. The lowest BCUT2D eigenvalue weighted by Gasteiger charge is -2.10. The van der Waals surface area contributed by atoms with E-state index in [2.05, 4.69) is 10.2 Å². The van der Waals surface area contributed by atoms with E-state index in [1.165, 1.54) is 28.0 Å². The molecule has 0 saturated heterocycles. The van der Waals surface area contributed by atoms with E-state index in [1.54, 1.807) is 13.1 Å². The Labute approximate surface area is 118 Å². The first kappa shape index (κ1) is 12.6. The van der Waals surface area contributed by atoms with Gasteiger partial charge in [0.15, 0.2) is 10.4 Å². The monoisotopic (exact) mass is 293 g/mol. The summed E-state index contributed by atoms with van der Waals surface area (Å²) in [6.07, 6.45) is -1.04. The van der Waals surface area contributed by atoms with Gasteiger partial charge < -0.3 is 10.0 Å². The van der Waals surface area contributed by atoms with Gasteiger partial charge in [-0.1, -0.05) is 29.2 Å². The quantitative estimate of drug-likeness (QED) is 0.917. The summed E-state index contributed by atoms with van der Waals surface area (Å²) in [5, 5.41) is 18.7. The van der Waals surface area contributed by atoms with Crippen molar-refractivity contribution in [1.82, 2.24) is 10.2 Å². The fourth-order valence-electron chi connectivity index (χ4n) is 1.96. The van der Waals surface area contributed by atoms with E-state index in [0.29, 0.717) is 5.56 Å². The molecule has 0 bridgehead atoms. The van der Waals surface area contributed by atoms with Crippen LogP contribution in [0.15, 0.2) is 27.4 Å². The number of carbonyl (C=O) groups excluding carboxylic acids is 1. The van der Waals surface area contributed by atoms with Crippen molar-refractivity contribution in [3.63, 3.8) is 0 Å². The van der Waals surface area contributed by atoms with Gasteiger partial charge in [-0.05, 0) is 19.1 Å². The number of carbonyl (C=O) groups is 1. The van der Waals surface area contributed by atoms with Gasteiger partial charge in [0.25, 0.3) is 5.91 Å². The Bertz CT molecular complexity index is 656. The predicted molar refractivity (Wildman–Crippen MR) is 73.6 cm³/mol. The number of hydrogen-bond donors (Lipinski definition) is 1. The van der Waals surface area contributed by atoms with Gasteiger partial charge >= 0.3 is 0 Å². The number of aryl methyl sites for hydroxylation is 1. The molecule has 1 unspecified atom stereocenters. The number of anilines is 1. The minimum absolute atomic E-state index is 0.288. The van der Waals surface area contributed by atoms with Gasteiger partial charge in [0.05, 0.1) is 5.69 Å². The van der Waals surface area contributed by atoms with Crippen molar-refractivity contribution in [3.05, 3.63) is 28.8 Å². The number of amides is 1. The topological polar surface area (TPSA) is 66.3 Å². The molecule has 2 aromatic rings. The van der Waals surface area contributed by atoms with E-state index in [0.717, 1.165) is 19.9 Å². The summed E-state index contributed by atoms with van der Waals surface area (Å²) in [4.78, 5) is 14.1. The van der Waals surface area contributed by atoms with E-state index >= 15 is 0 Å². The van der Waals surface area contributed by atoms with Gasteiger partial charge in [-0.3, -0.25) is 4.79 Å². The number of nitrogens with zero attached hydrogens (tertiary/aromatic N) is 3. The molecule has 19 heavy (non-hydrogen) atoms. The third-order valence-corrected chi connectivity index (χ3v) is 4.81. The Morgan fingerprint density at radius 3 is 2.89 bits per heavy atom. The van der Waals surface area contributed by atoms with Crippen molar-refractivity contribution in [2.75, 3.05) is 11.9 Å². The molecular weight excluding hydrogens is 282 g/mol. The van der Waals surface area contributed by atoms with Crippen LogP contribution in [0.4, 0.5) is 5.69 Å². The predicted octanol–water partition coefficient (Wildman–Crippen LogP) is 2.01. The normalized spacial score (nSPS) is 17.9. The lowest BCUT2D eigenvalue weighted by Crippen LogP contribution is -2.23. The summed E-state index contributed by atoms with van der Waals surface area (Å²) in [5.41, 5.74) is 1.41. The van der Waals surface area contributed by atoms with Crippen molar-refractivity contribution in [1.29, 1.82) is 0 Å². The molecule has 0 radical (unpaired) electrons. The molecule has 1 aromatic carbocycles. The average molecular weight is 293 g/mol. The SMILES string of the molecule is Cc1nnc(Sc2ccc3c(c2)N(C)C(=O)C3O)s1. The summed E-state index contributed by atoms with van der Waals surface area (Å²) in [5.74, 6) is -0.288. The van der Waals surface area contributed by atoms with Crippen LogP contribution in [0.2, 0.25) is 0 Å². The molecule has 0 fully saturated rings. The summed E-state index contributed by atoms with van der Waals surface area (Å²) in [6, 6.07) is 5.57. The highest BCUT2D eigenvalue weighted by atomic mass is 32.2. The number of aromatic nitrogens is 2. The second-order valence-corrected chi connectivity index (χ2v) is 6.71. The van der Waals surface area contributed by atoms with Crippen molar-refractivity contribution in [3.8, 4) is 0 Å². The third kappa shape index (κ3) is 2.13. The lowest BCUT2D eigenvalue weighted by atomic mass is 10.1. The Kier molecular flexibility index (Phi) is 3.04. The lowest BCUT2D eigenvalue weighted by molar-refractivity contribution is -0.125. The van der Waals surface area contributed by atoms with Crippen LogP contribution in [0, 0.1) is 6.92 Å². The first-order chi connectivity index (χ1) is 9.06. The Hall–Kier alpha value is -1.44. The minimum Gasteiger partial charge on any atom is -0.378 e. The maximum absolute atomic E-state index is 11.7. The molecule has 1 N–H and O–H groups in total. The molecule has 0 aliphatic carbocycles. The highest BCUT2D eigenvalue weighted by Crippen LogP contribution is 2.39. The Morgan fingerprint density at radius 2 is 2.21 bits per heavy atom. The standard InChI is InChI=1S/C12H11N3O2S2/c1-6-13-14-12(18-6)19-7-3-4-8-9(5-7)15(2)11(17)10(8)16/h3-5,10,16H,1-2H3. The number of hydrogen-bond acceptors (Lipinski definition) is 6. The smallest absolute Gasteiger partial charge is 0.260 e. The fraction of sp³-hybridized carbons (Fsp3) is 0.250. The molecule has 0 saturated carbocycles. The maximum Gasteiger partial charge on any atom is 0.260 e. The van der Waals surface area contributed by atoms with Crippen LogP contribution in [0.3, 0.4) is 0 Å². The molecule has 1 aliphatic rings. The van der Waals surface area contributed by atoms with E-state index < -0.39 is 6.10 Å². The number of rotatable bonds is 2. The summed E-state index contributed by atoms with van der Waals surface area (Å²) in [7, 11) is 1.67. The first-order valence-corrected chi connectivity index (χ1v) is 7.27. The molecule has 1 amide bonds. The zero-order chi connectivity index (χ0) is 13.6. The number of benzene rings is 1. The van der Waals surface area contributed by atoms with Gasteiger partial charge in [0.1, 0.15) is 5.01 Å². The number of fused-ring (bicyclic) bond motifs is 1. The number of likely N-dealkylation sites (N-methyl/N-ethyl adjacent to an activating group) is 1. The highest BCUT2D eigenvalue weighted by molar-refractivity contribution is 8.01. The summed E-state index contributed by atoms with van der Waals surface area (Å²) < 4.78 is 0.866. The van der Waals surface area contributed by atoms with Crippen LogP contribution >= 0.6 is 23.1 Å². The molecule has 98 valence electrons. The van der Waals surface area contributed by atoms with E-state index in [1.807, 2.05) is 19.1 Å². The van der Waals surface area contributed by atoms with Crippen LogP contribution in [0.5, 0.6) is 0 Å². The maximum atomic E-state index is 11.7. The van der Waals surface area contributed by atoms with E-state index in [4.69, 9.17) is 0 Å². The minimum atomic E-state index is -1.04.